The fourth-order valence-electron chi connectivity index (χ4n) is 2.23. The van der Waals surface area contributed by atoms with E-state index in [1.807, 2.05) is 0 Å². The quantitative estimate of drug-likeness (QED) is 0.520. The molecule has 2 fully saturated rings. The normalized spacial score (nSPS) is 41.7. The second-order valence-corrected chi connectivity index (χ2v) is 3.66. The number of nitrogens with one attached hydrogen (secondary N) is 1. The Hall–Kier alpha value is -0.0800. The molecular weight excluding hydrogens is 124 g/mol. The van der Waals surface area contributed by atoms with Crippen LogP contribution in [0.3, 0.4) is 0 Å². The summed E-state index contributed by atoms with van der Waals surface area (Å²) in [5, 5.41) is 3.55. The highest BCUT2D eigenvalue weighted by atomic mass is 15.1. The van der Waals surface area contributed by atoms with Gasteiger partial charge in [0.15, 0.2) is 0 Å². The van der Waals surface area contributed by atoms with E-state index in [4.69, 9.17) is 0 Å². The fourth-order valence-corrected chi connectivity index (χ4v) is 2.23. The number of nitrogens with zero attached hydrogens (tertiary/aromatic N) is 1. The van der Waals surface area contributed by atoms with Gasteiger partial charge in [-0.1, -0.05) is 0 Å². The Labute approximate surface area is 62.6 Å². The van der Waals surface area contributed by atoms with E-state index in [1.165, 1.54) is 32.5 Å². The molecule has 2 aliphatic heterocycles. The molecule has 0 aliphatic carbocycles. The molecule has 10 heavy (non-hydrogen) atoms. The molecule has 0 amide bonds. The van der Waals surface area contributed by atoms with Gasteiger partial charge in [-0.25, -0.2) is 0 Å². The Morgan fingerprint density at radius 3 is 3.20 bits per heavy atom. The predicted molar refractivity (Wildman–Crippen MR) is 42.0 cm³/mol. The zero-order chi connectivity index (χ0) is 6.97. The van der Waals surface area contributed by atoms with Crippen LogP contribution in [-0.2, 0) is 0 Å². The van der Waals surface area contributed by atoms with Gasteiger partial charge < -0.3 is 10.2 Å². The van der Waals surface area contributed by atoms with Crippen molar-refractivity contribution >= 4 is 0 Å². The summed E-state index contributed by atoms with van der Waals surface area (Å²) in [4.78, 5) is 2.45. The monoisotopic (exact) mass is 140 g/mol. The molecule has 2 nitrogen and oxygen atoms in total. The van der Waals surface area contributed by atoms with Crippen molar-refractivity contribution in [2.45, 2.75) is 18.9 Å². The third-order valence-electron chi connectivity index (χ3n) is 2.86. The maximum Gasteiger partial charge on any atom is 0.0120 e. The highest BCUT2D eigenvalue weighted by Gasteiger charge is 2.30. The summed E-state index contributed by atoms with van der Waals surface area (Å²) in [6.07, 6.45) is 2.76. The molecule has 0 spiro atoms. The van der Waals surface area contributed by atoms with Crippen LogP contribution in [0, 0.1) is 5.92 Å². The molecule has 0 aromatic heterocycles. The second kappa shape index (κ2) is 2.51. The van der Waals surface area contributed by atoms with Crippen LogP contribution >= 0.6 is 0 Å². The van der Waals surface area contributed by atoms with Crippen molar-refractivity contribution in [3.8, 4) is 0 Å². The number of fused-ring (bicyclic) bond motifs is 1. The molecule has 2 saturated heterocycles. The number of piperidine rings is 1. The maximum absolute atomic E-state index is 3.55. The molecule has 58 valence electrons. The second-order valence-electron chi connectivity index (χ2n) is 3.66. The molecule has 2 rings (SSSR count). The average molecular weight is 140 g/mol. The molecule has 0 unspecified atom stereocenters. The summed E-state index contributed by atoms with van der Waals surface area (Å²) in [7, 11) is 2.23. The van der Waals surface area contributed by atoms with Gasteiger partial charge >= 0.3 is 0 Å². The van der Waals surface area contributed by atoms with E-state index in [1.54, 1.807) is 0 Å². The average Bonchev–Trinajstić information content (AvgIpc) is 2.33. The Balaban J connectivity index is 1.96. The minimum Gasteiger partial charge on any atom is -0.314 e. The van der Waals surface area contributed by atoms with E-state index in [0.717, 1.165) is 12.0 Å². The van der Waals surface area contributed by atoms with Crippen LogP contribution in [0.5, 0.6) is 0 Å². The first-order valence-electron chi connectivity index (χ1n) is 4.28. The van der Waals surface area contributed by atoms with Gasteiger partial charge in [-0.2, -0.15) is 0 Å². The van der Waals surface area contributed by atoms with E-state index in [2.05, 4.69) is 17.3 Å². The van der Waals surface area contributed by atoms with E-state index in [-0.39, 0.29) is 0 Å². The largest absolute Gasteiger partial charge is 0.314 e. The molecule has 2 heterocycles. The lowest BCUT2D eigenvalue weighted by Gasteiger charge is -2.31. The van der Waals surface area contributed by atoms with Crippen molar-refractivity contribution in [3.05, 3.63) is 0 Å². The summed E-state index contributed by atoms with van der Waals surface area (Å²) in [6.45, 7) is 3.86. The highest BCUT2D eigenvalue weighted by Crippen LogP contribution is 2.23. The van der Waals surface area contributed by atoms with Gasteiger partial charge in [-0.15, -0.1) is 0 Å². The SMILES string of the molecule is CN1CC[C@H]2NCC[C@@H]2C1. The standard InChI is InChI=1S/C8H16N2/c1-10-5-3-8-7(6-10)2-4-9-8/h7-9H,2-6H2,1H3/t7-,8-/m1/s1. The topological polar surface area (TPSA) is 15.3 Å². The minimum atomic E-state index is 0.858. The number of likely N-dealkylation sites (tertiary alicyclic amines) is 1. The third kappa shape index (κ3) is 1.06. The van der Waals surface area contributed by atoms with Crippen LogP contribution in [0.1, 0.15) is 12.8 Å². The van der Waals surface area contributed by atoms with Crippen LogP contribution in [0.4, 0.5) is 0 Å². The van der Waals surface area contributed by atoms with Crippen LogP contribution in [0.15, 0.2) is 0 Å². The number of hydrogen-bond acceptors (Lipinski definition) is 2. The van der Waals surface area contributed by atoms with E-state index in [9.17, 15) is 0 Å². The van der Waals surface area contributed by atoms with Gasteiger partial charge in [0.2, 0.25) is 0 Å². The van der Waals surface area contributed by atoms with Gasteiger partial charge in [0.25, 0.3) is 0 Å². The van der Waals surface area contributed by atoms with Gasteiger partial charge in [0, 0.05) is 12.6 Å². The summed E-state index contributed by atoms with van der Waals surface area (Å²) >= 11 is 0. The molecule has 1 N–H and O–H groups in total. The Bertz CT molecular complexity index is 124. The summed E-state index contributed by atoms with van der Waals surface area (Å²) < 4.78 is 0. The molecule has 0 aromatic rings. The lowest BCUT2D eigenvalue weighted by molar-refractivity contribution is 0.195. The smallest absolute Gasteiger partial charge is 0.0120 e. The van der Waals surface area contributed by atoms with Crippen molar-refractivity contribution in [2.24, 2.45) is 5.92 Å². The molecule has 2 atom stereocenters. The van der Waals surface area contributed by atoms with E-state index < -0.39 is 0 Å². The van der Waals surface area contributed by atoms with Gasteiger partial charge in [-0.3, -0.25) is 0 Å². The van der Waals surface area contributed by atoms with Crippen molar-refractivity contribution < 1.29 is 0 Å². The fraction of sp³-hybridized carbons (Fsp3) is 1.00. The lowest BCUT2D eigenvalue weighted by Crippen LogP contribution is -2.42. The number of hydrogen-bond donors (Lipinski definition) is 1. The number of rotatable bonds is 0. The van der Waals surface area contributed by atoms with Gasteiger partial charge in [0.05, 0.1) is 0 Å². The van der Waals surface area contributed by atoms with Gasteiger partial charge in [-0.05, 0) is 38.9 Å². The zero-order valence-electron chi connectivity index (χ0n) is 6.64. The lowest BCUT2D eigenvalue weighted by atomic mass is 9.94. The molecular formula is C8H16N2. The summed E-state index contributed by atoms with van der Waals surface area (Å²) in [6, 6.07) is 0.858. The van der Waals surface area contributed by atoms with Crippen LogP contribution < -0.4 is 5.32 Å². The van der Waals surface area contributed by atoms with Crippen molar-refractivity contribution in [2.75, 3.05) is 26.7 Å². The first-order valence-corrected chi connectivity index (χ1v) is 4.28. The first kappa shape index (κ1) is 6.62. The molecule has 0 bridgehead atoms. The highest BCUT2D eigenvalue weighted by molar-refractivity contribution is 4.89. The van der Waals surface area contributed by atoms with E-state index >= 15 is 0 Å². The van der Waals surface area contributed by atoms with Crippen molar-refractivity contribution in [1.82, 2.24) is 10.2 Å². The van der Waals surface area contributed by atoms with Crippen molar-refractivity contribution in [3.63, 3.8) is 0 Å². The molecule has 0 radical (unpaired) electrons. The Kier molecular flexibility index (Phi) is 1.66. The van der Waals surface area contributed by atoms with Crippen LogP contribution in [0.25, 0.3) is 0 Å². The summed E-state index contributed by atoms with van der Waals surface area (Å²) in [5.74, 6) is 0.957. The Morgan fingerprint density at radius 2 is 2.30 bits per heavy atom. The molecule has 2 heteroatoms. The predicted octanol–water partition coefficient (Wildman–Crippen LogP) is 0.300. The van der Waals surface area contributed by atoms with E-state index in [0.29, 0.717) is 0 Å². The molecule has 0 aromatic carbocycles. The maximum atomic E-state index is 3.55. The minimum absolute atomic E-state index is 0.858. The Morgan fingerprint density at radius 1 is 1.40 bits per heavy atom. The van der Waals surface area contributed by atoms with Crippen LogP contribution in [-0.4, -0.2) is 37.6 Å². The third-order valence-corrected chi connectivity index (χ3v) is 2.86. The molecule has 2 aliphatic rings. The van der Waals surface area contributed by atoms with Gasteiger partial charge in [0.1, 0.15) is 0 Å². The zero-order valence-corrected chi connectivity index (χ0v) is 6.64. The van der Waals surface area contributed by atoms with Crippen LogP contribution in [0.2, 0.25) is 0 Å². The summed E-state index contributed by atoms with van der Waals surface area (Å²) in [5.41, 5.74) is 0. The first-order chi connectivity index (χ1) is 4.86. The molecule has 0 saturated carbocycles. The van der Waals surface area contributed by atoms with Crippen molar-refractivity contribution in [1.29, 1.82) is 0 Å².